The predicted octanol–water partition coefficient (Wildman–Crippen LogP) is 5.74. The molecule has 2 aliphatic rings. The van der Waals surface area contributed by atoms with Crippen LogP contribution in [0.1, 0.15) is 51.9 Å². The number of rotatable bonds is 6. The minimum Gasteiger partial charge on any atom is -0.411 e. The summed E-state index contributed by atoms with van der Waals surface area (Å²) in [5.74, 6) is 0. The van der Waals surface area contributed by atoms with Gasteiger partial charge >= 0.3 is 0 Å². The smallest absolute Gasteiger partial charge is 0.192 e. The molecule has 0 radical (unpaired) electrons. The van der Waals surface area contributed by atoms with Gasteiger partial charge in [-0.15, -0.1) is 0 Å². The van der Waals surface area contributed by atoms with Crippen LogP contribution in [0.5, 0.6) is 0 Å². The minimum atomic E-state index is -1.99. The summed E-state index contributed by atoms with van der Waals surface area (Å²) in [6.45, 7) is 11.8. The van der Waals surface area contributed by atoms with E-state index in [0.29, 0.717) is 13.0 Å². The zero-order valence-electron chi connectivity index (χ0n) is 19.3. The summed E-state index contributed by atoms with van der Waals surface area (Å²) in [5, 5.41) is 10.6. The number of hydrogen-bond acceptors (Lipinski definition) is 5. The molecule has 2 saturated heterocycles. The van der Waals surface area contributed by atoms with Crippen LogP contribution in [-0.4, -0.2) is 50.6 Å². The number of ether oxygens (including phenoxy) is 3. The standard InChI is InChI=1S/C24H37IO5Si/c1-24(2,3)31(4,5)30-20-12-11-19-22(28-21(20)15-18(26)13-14-25)16-27-23(29-19)17-9-7-6-8-10-17/h6-10,13-14,18-23,26H,11-12,15-16H2,1-5H3/b14-13-/t18-,19-,20+,21-,22+,23+/m1/s1. The van der Waals surface area contributed by atoms with Gasteiger partial charge in [-0.1, -0.05) is 79.8 Å². The Labute approximate surface area is 201 Å². The molecule has 0 unspecified atom stereocenters. The predicted molar refractivity (Wildman–Crippen MR) is 134 cm³/mol. The molecular formula is C24H37IO5Si. The molecule has 0 aromatic heterocycles. The maximum Gasteiger partial charge on any atom is 0.192 e. The number of halogens is 1. The van der Waals surface area contributed by atoms with Crippen molar-refractivity contribution in [2.24, 2.45) is 0 Å². The summed E-state index contributed by atoms with van der Waals surface area (Å²) in [5.41, 5.74) is 1.03. The van der Waals surface area contributed by atoms with Crippen LogP contribution < -0.4 is 0 Å². The van der Waals surface area contributed by atoms with Gasteiger partial charge < -0.3 is 23.7 Å². The van der Waals surface area contributed by atoms with Gasteiger partial charge in [0.15, 0.2) is 14.6 Å². The van der Waals surface area contributed by atoms with Gasteiger partial charge in [0.1, 0.15) is 6.10 Å². The fraction of sp³-hybridized carbons (Fsp3) is 0.667. The van der Waals surface area contributed by atoms with E-state index in [1.165, 1.54) is 0 Å². The first-order valence-corrected chi connectivity index (χ1v) is 15.4. The van der Waals surface area contributed by atoms with E-state index in [-0.39, 0.29) is 35.7 Å². The van der Waals surface area contributed by atoms with Gasteiger partial charge in [-0.05, 0) is 35.1 Å². The number of benzene rings is 1. The van der Waals surface area contributed by atoms with E-state index in [2.05, 4.69) is 56.5 Å². The van der Waals surface area contributed by atoms with Gasteiger partial charge in [0.05, 0.1) is 31.0 Å². The Balaban J connectivity index is 1.76. The number of fused-ring (bicyclic) bond motifs is 1. The average molecular weight is 561 g/mol. The van der Waals surface area contributed by atoms with E-state index in [1.807, 2.05) is 34.4 Å². The zero-order valence-corrected chi connectivity index (χ0v) is 22.4. The Hall–Kier alpha value is -0.293. The Morgan fingerprint density at radius 2 is 1.87 bits per heavy atom. The van der Waals surface area contributed by atoms with Gasteiger partial charge in [-0.25, -0.2) is 0 Å². The molecule has 0 amide bonds. The molecule has 3 rings (SSSR count). The van der Waals surface area contributed by atoms with Gasteiger partial charge in [0.25, 0.3) is 0 Å². The van der Waals surface area contributed by atoms with Gasteiger partial charge in [0.2, 0.25) is 0 Å². The van der Waals surface area contributed by atoms with Crippen molar-refractivity contribution in [1.29, 1.82) is 0 Å². The Kier molecular flexibility index (Phi) is 8.79. The van der Waals surface area contributed by atoms with Crippen LogP contribution in [0.2, 0.25) is 18.1 Å². The monoisotopic (exact) mass is 560 g/mol. The second-order valence-electron chi connectivity index (χ2n) is 10.1. The molecule has 5 nitrogen and oxygen atoms in total. The van der Waals surface area contributed by atoms with Crippen LogP contribution in [0.4, 0.5) is 0 Å². The quantitative estimate of drug-likeness (QED) is 0.356. The molecule has 7 heteroatoms. The lowest BCUT2D eigenvalue weighted by atomic mass is 10.0. The first-order valence-electron chi connectivity index (χ1n) is 11.2. The Morgan fingerprint density at radius 1 is 1.16 bits per heavy atom. The van der Waals surface area contributed by atoms with Crippen LogP contribution in [-0.2, 0) is 18.6 Å². The van der Waals surface area contributed by atoms with Crippen molar-refractivity contribution in [3.8, 4) is 0 Å². The van der Waals surface area contributed by atoms with Crippen LogP contribution in [0, 0.1) is 0 Å². The lowest BCUT2D eigenvalue weighted by Crippen LogP contribution is -2.48. The first kappa shape index (κ1) is 25.3. The molecule has 0 bridgehead atoms. The molecule has 2 heterocycles. The van der Waals surface area contributed by atoms with Crippen LogP contribution in [0.3, 0.4) is 0 Å². The fourth-order valence-corrected chi connectivity index (χ4v) is 5.72. The lowest BCUT2D eigenvalue weighted by Gasteiger charge is -2.41. The van der Waals surface area contributed by atoms with Crippen molar-refractivity contribution in [2.45, 2.75) is 95.0 Å². The summed E-state index contributed by atoms with van der Waals surface area (Å²) < 4.78 is 27.6. The van der Waals surface area contributed by atoms with Crippen molar-refractivity contribution >= 4 is 30.9 Å². The van der Waals surface area contributed by atoms with E-state index < -0.39 is 14.4 Å². The van der Waals surface area contributed by atoms with Crippen LogP contribution in [0.15, 0.2) is 40.5 Å². The van der Waals surface area contributed by atoms with E-state index in [4.69, 9.17) is 18.6 Å². The fourth-order valence-electron chi connectivity index (χ4n) is 3.87. The van der Waals surface area contributed by atoms with Gasteiger partial charge in [-0.3, -0.25) is 0 Å². The SMILES string of the molecule is CC(C)(C)[Si](C)(C)O[C@H]1CC[C@H]2O[C@@H](c3ccccc3)OC[C@@H]2O[C@@H]1C[C@H](O)/C=C\I. The van der Waals surface area contributed by atoms with E-state index in [1.54, 1.807) is 6.08 Å². The molecule has 1 N–H and O–H groups in total. The topological polar surface area (TPSA) is 57.2 Å². The van der Waals surface area contributed by atoms with Crippen molar-refractivity contribution in [2.75, 3.05) is 6.61 Å². The number of aliphatic hydroxyl groups excluding tert-OH is 1. The highest BCUT2D eigenvalue weighted by molar-refractivity contribution is 14.1. The molecule has 6 atom stereocenters. The second kappa shape index (κ2) is 10.8. The average Bonchev–Trinajstić information content (AvgIpc) is 2.86. The summed E-state index contributed by atoms with van der Waals surface area (Å²) in [6, 6.07) is 10.0. The molecule has 0 spiro atoms. The van der Waals surface area contributed by atoms with Crippen molar-refractivity contribution in [3.63, 3.8) is 0 Å². The van der Waals surface area contributed by atoms with Gasteiger partial charge in [-0.2, -0.15) is 0 Å². The number of hydrogen-bond donors (Lipinski definition) is 1. The molecule has 2 fully saturated rings. The maximum atomic E-state index is 10.5. The summed E-state index contributed by atoms with van der Waals surface area (Å²) in [4.78, 5) is 0. The number of aliphatic hydroxyl groups is 1. The van der Waals surface area contributed by atoms with Crippen LogP contribution >= 0.6 is 22.6 Å². The largest absolute Gasteiger partial charge is 0.411 e. The van der Waals surface area contributed by atoms with E-state index in [9.17, 15) is 5.11 Å². The third kappa shape index (κ3) is 6.62. The molecular weight excluding hydrogens is 523 g/mol. The highest BCUT2D eigenvalue weighted by atomic mass is 127. The van der Waals surface area contributed by atoms with E-state index >= 15 is 0 Å². The third-order valence-electron chi connectivity index (χ3n) is 6.72. The molecule has 1 aromatic carbocycles. The molecule has 31 heavy (non-hydrogen) atoms. The molecule has 1 aromatic rings. The Bertz CT molecular complexity index is 720. The third-order valence-corrected chi connectivity index (χ3v) is 11.6. The summed E-state index contributed by atoms with van der Waals surface area (Å²) in [7, 11) is -1.99. The summed E-state index contributed by atoms with van der Waals surface area (Å²) >= 11 is 2.13. The first-order chi connectivity index (χ1) is 14.6. The van der Waals surface area contributed by atoms with Crippen molar-refractivity contribution in [1.82, 2.24) is 0 Å². The highest BCUT2D eigenvalue weighted by Gasteiger charge is 2.45. The van der Waals surface area contributed by atoms with Crippen LogP contribution in [0.25, 0.3) is 0 Å². The zero-order chi connectivity index (χ0) is 22.6. The molecule has 174 valence electrons. The van der Waals surface area contributed by atoms with Gasteiger partial charge in [0, 0.05) is 12.0 Å². The Morgan fingerprint density at radius 3 is 2.52 bits per heavy atom. The lowest BCUT2D eigenvalue weighted by molar-refractivity contribution is -0.271. The highest BCUT2D eigenvalue weighted by Crippen LogP contribution is 2.41. The van der Waals surface area contributed by atoms with Crippen molar-refractivity contribution < 1.29 is 23.7 Å². The normalized spacial score (nSPS) is 31.3. The maximum absolute atomic E-state index is 10.5. The van der Waals surface area contributed by atoms with E-state index in [0.717, 1.165) is 18.4 Å². The van der Waals surface area contributed by atoms with Crippen molar-refractivity contribution in [3.05, 3.63) is 46.1 Å². The summed E-state index contributed by atoms with van der Waals surface area (Å²) in [6.07, 6.45) is 2.60. The minimum absolute atomic E-state index is 0.0493. The molecule has 0 saturated carbocycles. The molecule has 2 aliphatic heterocycles. The molecule has 0 aliphatic carbocycles. The second-order valence-corrected chi connectivity index (χ2v) is 15.6.